The van der Waals surface area contributed by atoms with E-state index in [0.29, 0.717) is 24.1 Å². The zero-order valence-electron chi connectivity index (χ0n) is 14.0. The number of ether oxygens (including phenoxy) is 1. The highest BCUT2D eigenvalue weighted by molar-refractivity contribution is 5.99. The van der Waals surface area contributed by atoms with Gasteiger partial charge in [0.2, 0.25) is 5.95 Å². The normalized spacial score (nSPS) is 22.7. The summed E-state index contributed by atoms with van der Waals surface area (Å²) in [5.74, 6) is 2.72. The lowest BCUT2D eigenvalue weighted by Gasteiger charge is -2.34. The average Bonchev–Trinajstić information content (AvgIpc) is 2.92. The van der Waals surface area contributed by atoms with Crippen molar-refractivity contribution >= 4 is 11.7 Å². The second kappa shape index (κ2) is 5.47. The number of fused-ring (bicyclic) bond motifs is 1. The van der Waals surface area contributed by atoms with Crippen molar-refractivity contribution in [1.82, 2.24) is 14.8 Å². The van der Waals surface area contributed by atoms with Crippen LogP contribution in [0.25, 0.3) is 0 Å². The molecular formula is C18H20N4O2. The van der Waals surface area contributed by atoms with E-state index in [1.54, 1.807) is 7.11 Å². The Morgan fingerprint density at radius 1 is 1.25 bits per heavy atom. The molecular weight excluding hydrogens is 304 g/mol. The van der Waals surface area contributed by atoms with Crippen LogP contribution in [-0.4, -0.2) is 27.7 Å². The maximum atomic E-state index is 12.8. The number of nitrogens with one attached hydrogen (secondary N) is 1. The molecule has 0 radical (unpaired) electrons. The second-order valence-electron chi connectivity index (χ2n) is 6.56. The SMILES string of the molecule is COc1ccc([C@@H]2C3=C(C[C@H](C)CC3=O)Nc3nc(C)nn32)cc1. The number of benzene rings is 1. The van der Waals surface area contributed by atoms with Crippen molar-refractivity contribution in [1.29, 1.82) is 0 Å². The van der Waals surface area contributed by atoms with E-state index in [9.17, 15) is 4.79 Å². The number of aryl methyl sites for hydroxylation is 1. The lowest BCUT2D eigenvalue weighted by atomic mass is 9.81. The van der Waals surface area contributed by atoms with Crippen LogP contribution in [0.4, 0.5) is 5.95 Å². The van der Waals surface area contributed by atoms with Gasteiger partial charge < -0.3 is 10.1 Å². The van der Waals surface area contributed by atoms with Gasteiger partial charge in [-0.3, -0.25) is 4.79 Å². The third-order valence-electron chi connectivity index (χ3n) is 4.66. The van der Waals surface area contributed by atoms with Crippen LogP contribution in [0.1, 0.15) is 37.2 Å². The standard InChI is InChI=1S/C18H20N4O2/c1-10-8-14-16(15(23)9-10)17(12-4-6-13(24-3)7-5-12)22-18(20-14)19-11(2)21-22/h4-7,10,17H,8-9H2,1-3H3,(H,19,20,21)/t10-,17+/m0/s1. The predicted molar refractivity (Wildman–Crippen MR) is 89.9 cm³/mol. The molecule has 124 valence electrons. The fraction of sp³-hybridized carbons (Fsp3) is 0.389. The van der Waals surface area contributed by atoms with Crippen LogP contribution < -0.4 is 10.1 Å². The Hall–Kier alpha value is -2.63. The molecule has 0 spiro atoms. The fourth-order valence-corrected chi connectivity index (χ4v) is 3.61. The van der Waals surface area contributed by atoms with Crippen LogP contribution in [0.5, 0.6) is 5.75 Å². The molecule has 1 aromatic heterocycles. The third-order valence-corrected chi connectivity index (χ3v) is 4.66. The Balaban J connectivity index is 1.87. The van der Waals surface area contributed by atoms with Gasteiger partial charge in [0.25, 0.3) is 0 Å². The highest BCUT2D eigenvalue weighted by atomic mass is 16.5. The van der Waals surface area contributed by atoms with Gasteiger partial charge >= 0.3 is 0 Å². The number of hydrogen-bond donors (Lipinski definition) is 1. The zero-order valence-corrected chi connectivity index (χ0v) is 14.0. The Kier molecular flexibility index (Phi) is 3.40. The quantitative estimate of drug-likeness (QED) is 0.920. The van der Waals surface area contributed by atoms with Crippen molar-refractivity contribution in [2.45, 2.75) is 32.7 Å². The third kappa shape index (κ3) is 2.29. The molecule has 24 heavy (non-hydrogen) atoms. The summed E-state index contributed by atoms with van der Waals surface area (Å²) in [5.41, 5.74) is 2.81. The van der Waals surface area contributed by atoms with E-state index >= 15 is 0 Å². The van der Waals surface area contributed by atoms with E-state index in [2.05, 4.69) is 22.3 Å². The van der Waals surface area contributed by atoms with Crippen LogP contribution in [0.15, 0.2) is 35.5 Å². The summed E-state index contributed by atoms with van der Waals surface area (Å²) in [5, 5.41) is 7.85. The van der Waals surface area contributed by atoms with Gasteiger partial charge in [0.15, 0.2) is 5.78 Å². The summed E-state index contributed by atoms with van der Waals surface area (Å²) in [6, 6.07) is 7.58. The molecule has 0 saturated carbocycles. The minimum atomic E-state index is -0.233. The van der Waals surface area contributed by atoms with Crippen LogP contribution >= 0.6 is 0 Å². The number of aromatic nitrogens is 3. The van der Waals surface area contributed by atoms with Crippen molar-refractivity contribution in [3.8, 4) is 5.75 Å². The van der Waals surface area contributed by atoms with Gasteiger partial charge in [0.1, 0.15) is 17.6 Å². The van der Waals surface area contributed by atoms with E-state index in [1.807, 2.05) is 35.9 Å². The number of methoxy groups -OCH3 is 1. The number of ketones is 1. The first kappa shape index (κ1) is 14.9. The van der Waals surface area contributed by atoms with E-state index in [1.165, 1.54) is 0 Å². The highest BCUT2D eigenvalue weighted by Gasteiger charge is 2.38. The molecule has 2 aliphatic rings. The van der Waals surface area contributed by atoms with E-state index in [-0.39, 0.29) is 11.8 Å². The van der Waals surface area contributed by atoms with Crippen LogP contribution in [-0.2, 0) is 4.79 Å². The maximum absolute atomic E-state index is 12.8. The number of anilines is 1. The Bertz CT molecular complexity index is 835. The first-order valence-electron chi connectivity index (χ1n) is 8.17. The molecule has 6 heteroatoms. The van der Waals surface area contributed by atoms with Crippen molar-refractivity contribution in [3.63, 3.8) is 0 Å². The number of carbonyl (C=O) groups is 1. The molecule has 2 aromatic rings. The van der Waals surface area contributed by atoms with Gasteiger partial charge in [-0.25, -0.2) is 4.68 Å². The maximum Gasteiger partial charge on any atom is 0.226 e. The molecule has 1 aliphatic heterocycles. The smallest absolute Gasteiger partial charge is 0.226 e. The largest absolute Gasteiger partial charge is 0.497 e. The van der Waals surface area contributed by atoms with Crippen molar-refractivity contribution in [2.24, 2.45) is 5.92 Å². The van der Waals surface area contributed by atoms with E-state index in [4.69, 9.17) is 4.74 Å². The summed E-state index contributed by atoms with van der Waals surface area (Å²) >= 11 is 0. The first-order valence-corrected chi connectivity index (χ1v) is 8.17. The molecule has 6 nitrogen and oxygen atoms in total. The molecule has 2 atom stereocenters. The number of hydrogen-bond acceptors (Lipinski definition) is 5. The summed E-state index contributed by atoms with van der Waals surface area (Å²) in [4.78, 5) is 17.3. The van der Waals surface area contributed by atoms with Crippen molar-refractivity contribution in [3.05, 3.63) is 46.9 Å². The molecule has 0 unspecified atom stereocenters. The lowest BCUT2D eigenvalue weighted by Crippen LogP contribution is -2.33. The molecule has 1 N–H and O–H groups in total. The van der Waals surface area contributed by atoms with Crippen LogP contribution in [0, 0.1) is 12.8 Å². The summed E-state index contributed by atoms with van der Waals surface area (Å²) in [7, 11) is 1.64. The van der Waals surface area contributed by atoms with Gasteiger partial charge in [0, 0.05) is 17.7 Å². The molecule has 0 amide bonds. The fourth-order valence-electron chi connectivity index (χ4n) is 3.61. The number of allylic oxidation sites excluding steroid dienone is 2. The molecule has 0 bridgehead atoms. The minimum absolute atomic E-state index is 0.191. The van der Waals surface area contributed by atoms with Gasteiger partial charge in [0.05, 0.1) is 7.11 Å². The molecule has 0 saturated heterocycles. The predicted octanol–water partition coefficient (Wildman–Crippen LogP) is 2.86. The second-order valence-corrected chi connectivity index (χ2v) is 6.56. The van der Waals surface area contributed by atoms with Crippen LogP contribution in [0.2, 0.25) is 0 Å². The van der Waals surface area contributed by atoms with Crippen LogP contribution in [0.3, 0.4) is 0 Å². The Morgan fingerprint density at radius 2 is 2.00 bits per heavy atom. The minimum Gasteiger partial charge on any atom is -0.497 e. The molecule has 4 rings (SSSR count). The topological polar surface area (TPSA) is 69.0 Å². The van der Waals surface area contributed by atoms with Crippen molar-refractivity contribution in [2.75, 3.05) is 12.4 Å². The molecule has 1 aromatic carbocycles. The van der Waals surface area contributed by atoms with E-state index < -0.39 is 0 Å². The highest BCUT2D eigenvalue weighted by Crippen LogP contribution is 2.41. The lowest BCUT2D eigenvalue weighted by molar-refractivity contribution is -0.117. The molecule has 0 fully saturated rings. The van der Waals surface area contributed by atoms with Gasteiger partial charge in [-0.15, -0.1) is 0 Å². The monoisotopic (exact) mass is 324 g/mol. The number of carbonyl (C=O) groups excluding carboxylic acids is 1. The summed E-state index contributed by atoms with van der Waals surface area (Å²) in [6.45, 7) is 3.97. The molecule has 1 aliphatic carbocycles. The number of Topliss-reactive ketones (excluding diaryl/α,β-unsaturated/α-hetero) is 1. The van der Waals surface area contributed by atoms with Crippen molar-refractivity contribution < 1.29 is 9.53 Å². The van der Waals surface area contributed by atoms with Gasteiger partial charge in [-0.1, -0.05) is 19.1 Å². The number of nitrogens with zero attached hydrogens (tertiary/aromatic N) is 3. The summed E-state index contributed by atoms with van der Waals surface area (Å²) in [6.07, 6.45) is 1.44. The number of rotatable bonds is 2. The average molecular weight is 324 g/mol. The Labute approximate surface area is 140 Å². The molecule has 2 heterocycles. The Morgan fingerprint density at radius 3 is 2.71 bits per heavy atom. The van der Waals surface area contributed by atoms with Gasteiger partial charge in [-0.2, -0.15) is 10.1 Å². The van der Waals surface area contributed by atoms with Gasteiger partial charge in [-0.05, 0) is 37.0 Å². The first-order chi connectivity index (χ1) is 11.6. The zero-order chi connectivity index (χ0) is 16.8. The summed E-state index contributed by atoms with van der Waals surface area (Å²) < 4.78 is 7.07. The van der Waals surface area contributed by atoms with E-state index in [0.717, 1.165) is 29.0 Å².